The Morgan fingerprint density at radius 2 is 1.33 bits per heavy atom. The van der Waals surface area contributed by atoms with Gasteiger partial charge in [0.25, 0.3) is 0 Å². The van der Waals surface area contributed by atoms with E-state index >= 15 is 0 Å². The molecule has 7 heteroatoms. The minimum absolute atomic E-state index is 0.119. The molecule has 0 bridgehead atoms. The molecule has 0 spiro atoms. The Morgan fingerprint density at radius 3 is 1.82 bits per heavy atom. The van der Waals surface area contributed by atoms with E-state index in [2.05, 4.69) is 10.6 Å². The normalized spacial score (nSPS) is 12.6. The van der Waals surface area contributed by atoms with Gasteiger partial charge in [0.1, 0.15) is 17.9 Å². The van der Waals surface area contributed by atoms with Crippen LogP contribution in [0.15, 0.2) is 84.9 Å². The molecule has 0 aromatic heterocycles. The van der Waals surface area contributed by atoms with Gasteiger partial charge in [0.15, 0.2) is 0 Å². The lowest BCUT2D eigenvalue weighted by molar-refractivity contribution is -0.142. The molecule has 33 heavy (non-hydrogen) atoms. The number of hydrogen-bond donors (Lipinski definition) is 3. The van der Waals surface area contributed by atoms with Crippen molar-refractivity contribution in [1.29, 1.82) is 0 Å². The monoisotopic (exact) mass is 448 g/mol. The molecule has 2 atom stereocenters. The maximum Gasteiger partial charge on any atom is 0.327 e. The van der Waals surface area contributed by atoms with Crippen molar-refractivity contribution in [1.82, 2.24) is 10.6 Å². The predicted octanol–water partition coefficient (Wildman–Crippen LogP) is 3.27. The fraction of sp³-hybridized carbons (Fsp3) is 0.192. The highest BCUT2D eigenvalue weighted by Gasteiger charge is 2.34. The van der Waals surface area contributed by atoms with Crippen molar-refractivity contribution in [2.45, 2.75) is 31.3 Å². The summed E-state index contributed by atoms with van der Waals surface area (Å²) >= 11 is 0. The Labute approximate surface area is 191 Å². The summed E-state index contributed by atoms with van der Waals surface area (Å²) in [5.41, 5.74) is 1.66. The number of rotatable bonds is 9. The highest BCUT2D eigenvalue weighted by molar-refractivity contribution is 5.90. The summed E-state index contributed by atoms with van der Waals surface area (Å²) in [7, 11) is 0. The zero-order valence-corrected chi connectivity index (χ0v) is 18.1. The van der Waals surface area contributed by atoms with Crippen molar-refractivity contribution in [3.8, 4) is 0 Å². The van der Waals surface area contributed by atoms with Crippen molar-refractivity contribution in [3.63, 3.8) is 0 Å². The standard InChI is InChI=1S/C26H25FN2O4/c1-17(30)28-22(16-20-14-8-9-15-21(20)27)25(31)29-24(26(32)33)23(18-10-4-2-5-11-18)19-12-6-3-7-13-19/h2-15,22-24H,16H2,1H3,(H,28,30)(H,29,31)(H,32,33)/t22-,24+/m1/s1. The lowest BCUT2D eigenvalue weighted by Crippen LogP contribution is -2.54. The van der Waals surface area contributed by atoms with E-state index in [-0.39, 0.29) is 12.0 Å². The van der Waals surface area contributed by atoms with Crippen LogP contribution in [0.4, 0.5) is 4.39 Å². The minimum atomic E-state index is -1.32. The van der Waals surface area contributed by atoms with Gasteiger partial charge < -0.3 is 15.7 Å². The van der Waals surface area contributed by atoms with Crippen LogP contribution in [0.1, 0.15) is 29.5 Å². The quantitative estimate of drug-likeness (QED) is 0.468. The van der Waals surface area contributed by atoms with E-state index in [1.807, 2.05) is 12.1 Å². The largest absolute Gasteiger partial charge is 0.480 e. The number of carbonyl (C=O) groups is 3. The first-order chi connectivity index (χ1) is 15.9. The van der Waals surface area contributed by atoms with E-state index in [9.17, 15) is 23.9 Å². The molecule has 0 saturated carbocycles. The van der Waals surface area contributed by atoms with Gasteiger partial charge in [0.05, 0.1) is 0 Å². The van der Waals surface area contributed by atoms with Crippen LogP contribution in [-0.4, -0.2) is 35.0 Å². The number of carboxylic acid groups (broad SMARTS) is 1. The number of halogens is 1. The summed E-state index contributed by atoms with van der Waals surface area (Å²) in [5.74, 6) is -3.62. The van der Waals surface area contributed by atoms with Crippen LogP contribution in [0.5, 0.6) is 0 Å². The second-order valence-corrected chi connectivity index (χ2v) is 7.67. The highest BCUT2D eigenvalue weighted by atomic mass is 19.1. The molecule has 170 valence electrons. The maximum atomic E-state index is 14.2. The first-order valence-corrected chi connectivity index (χ1v) is 10.5. The van der Waals surface area contributed by atoms with Gasteiger partial charge in [-0.25, -0.2) is 9.18 Å². The average molecular weight is 448 g/mol. The molecule has 0 unspecified atom stereocenters. The Hall–Kier alpha value is -4.00. The summed E-state index contributed by atoms with van der Waals surface area (Å²) in [6.07, 6.45) is -0.119. The Morgan fingerprint density at radius 1 is 0.818 bits per heavy atom. The summed E-state index contributed by atoms with van der Waals surface area (Å²) in [5, 5.41) is 15.1. The number of benzene rings is 3. The van der Waals surface area contributed by atoms with Crippen LogP contribution in [0.2, 0.25) is 0 Å². The average Bonchev–Trinajstić information content (AvgIpc) is 2.80. The van der Waals surface area contributed by atoms with Crippen molar-refractivity contribution in [3.05, 3.63) is 107 Å². The maximum absolute atomic E-state index is 14.2. The third-order valence-corrected chi connectivity index (χ3v) is 5.29. The van der Waals surface area contributed by atoms with Gasteiger partial charge in [-0.05, 0) is 22.8 Å². The van der Waals surface area contributed by atoms with Crippen molar-refractivity contribution in [2.75, 3.05) is 0 Å². The topological polar surface area (TPSA) is 95.5 Å². The predicted molar refractivity (Wildman–Crippen MR) is 122 cm³/mol. The number of amides is 2. The van der Waals surface area contributed by atoms with E-state index in [1.165, 1.54) is 25.1 Å². The summed E-state index contributed by atoms with van der Waals surface area (Å²) < 4.78 is 14.2. The van der Waals surface area contributed by atoms with Gasteiger partial charge in [-0.1, -0.05) is 78.9 Å². The van der Waals surface area contributed by atoms with Crippen LogP contribution in [0.25, 0.3) is 0 Å². The van der Waals surface area contributed by atoms with E-state index in [0.717, 1.165) is 0 Å². The van der Waals surface area contributed by atoms with Gasteiger partial charge in [0, 0.05) is 19.3 Å². The Bertz CT molecular complexity index is 1070. The first-order valence-electron chi connectivity index (χ1n) is 10.5. The Kier molecular flexibility index (Phi) is 7.91. The van der Waals surface area contributed by atoms with Gasteiger partial charge in [0.2, 0.25) is 11.8 Å². The number of carbonyl (C=O) groups excluding carboxylic acids is 2. The minimum Gasteiger partial charge on any atom is -0.480 e. The molecule has 0 aliphatic carbocycles. The zero-order chi connectivity index (χ0) is 23.8. The number of hydrogen-bond acceptors (Lipinski definition) is 3. The smallest absolute Gasteiger partial charge is 0.327 e. The number of nitrogens with one attached hydrogen (secondary N) is 2. The zero-order valence-electron chi connectivity index (χ0n) is 18.1. The summed E-state index contributed by atoms with van der Waals surface area (Å²) in [6, 6.07) is 21.5. The lowest BCUT2D eigenvalue weighted by atomic mass is 9.84. The van der Waals surface area contributed by atoms with Crippen LogP contribution in [0.3, 0.4) is 0 Å². The molecule has 6 nitrogen and oxygen atoms in total. The first kappa shape index (κ1) is 23.7. The molecule has 0 saturated heterocycles. The molecular weight excluding hydrogens is 423 g/mol. The molecule has 0 fully saturated rings. The molecule has 0 heterocycles. The second kappa shape index (κ2) is 11.0. The van der Waals surface area contributed by atoms with E-state index in [4.69, 9.17) is 0 Å². The van der Waals surface area contributed by atoms with Crippen LogP contribution >= 0.6 is 0 Å². The summed E-state index contributed by atoms with van der Waals surface area (Å²) in [6.45, 7) is 1.24. The van der Waals surface area contributed by atoms with E-state index < -0.39 is 41.6 Å². The third kappa shape index (κ3) is 6.26. The molecule has 3 rings (SSSR count). The van der Waals surface area contributed by atoms with E-state index in [1.54, 1.807) is 54.6 Å². The highest BCUT2D eigenvalue weighted by Crippen LogP contribution is 2.28. The molecule has 3 aromatic rings. The van der Waals surface area contributed by atoms with E-state index in [0.29, 0.717) is 11.1 Å². The molecular formula is C26H25FN2O4. The molecule has 3 N–H and O–H groups in total. The molecule has 2 amide bonds. The van der Waals surface area contributed by atoms with Crippen molar-refractivity contribution >= 4 is 17.8 Å². The fourth-order valence-electron chi connectivity index (χ4n) is 3.78. The number of carboxylic acids is 1. The SMILES string of the molecule is CC(=O)N[C@H](Cc1ccccc1F)C(=O)N[C@H](C(=O)O)C(c1ccccc1)c1ccccc1. The molecule has 0 radical (unpaired) electrons. The van der Waals surface area contributed by atoms with Gasteiger partial charge in [-0.2, -0.15) is 0 Å². The van der Waals surface area contributed by atoms with Crippen LogP contribution in [-0.2, 0) is 20.8 Å². The number of aliphatic carboxylic acids is 1. The van der Waals surface area contributed by atoms with Crippen LogP contribution < -0.4 is 10.6 Å². The molecule has 0 aliphatic heterocycles. The van der Waals surface area contributed by atoms with Gasteiger partial charge >= 0.3 is 5.97 Å². The third-order valence-electron chi connectivity index (χ3n) is 5.29. The second-order valence-electron chi connectivity index (χ2n) is 7.67. The summed E-state index contributed by atoms with van der Waals surface area (Å²) in [4.78, 5) is 37.2. The van der Waals surface area contributed by atoms with Crippen molar-refractivity contribution in [2.24, 2.45) is 0 Å². The van der Waals surface area contributed by atoms with Gasteiger partial charge in [-0.15, -0.1) is 0 Å². The lowest BCUT2D eigenvalue weighted by Gasteiger charge is -2.28. The van der Waals surface area contributed by atoms with Crippen molar-refractivity contribution < 1.29 is 23.9 Å². The Balaban J connectivity index is 1.93. The fourth-order valence-corrected chi connectivity index (χ4v) is 3.78. The van der Waals surface area contributed by atoms with Gasteiger partial charge in [-0.3, -0.25) is 9.59 Å². The molecule has 3 aromatic carbocycles. The molecule has 0 aliphatic rings. The van der Waals surface area contributed by atoms with Crippen LogP contribution in [0, 0.1) is 5.82 Å².